The van der Waals surface area contributed by atoms with Gasteiger partial charge < -0.3 is 10.6 Å². The maximum atomic E-state index is 12.3. The molecule has 124 valence electrons. The second-order valence-electron chi connectivity index (χ2n) is 6.24. The van der Waals surface area contributed by atoms with Gasteiger partial charge in [-0.3, -0.25) is 9.69 Å². The summed E-state index contributed by atoms with van der Waals surface area (Å²) in [6.07, 6.45) is 6.42. The van der Waals surface area contributed by atoms with E-state index in [0.29, 0.717) is 13.1 Å². The monoisotopic (exact) mass is 343 g/mol. The number of carbonyl (C=O) groups is 1. The molecule has 2 heterocycles. The Labute approximate surface area is 143 Å². The van der Waals surface area contributed by atoms with Gasteiger partial charge in [0.2, 0.25) is 5.91 Å². The maximum absolute atomic E-state index is 12.3. The average molecular weight is 344 g/mol. The third kappa shape index (κ3) is 4.22. The number of hydrogen-bond donors (Lipinski definition) is 2. The lowest BCUT2D eigenvalue weighted by Crippen LogP contribution is -2.63. The lowest BCUT2D eigenvalue weighted by atomic mass is 9.79. The zero-order valence-electron chi connectivity index (χ0n) is 13.0. The van der Waals surface area contributed by atoms with Gasteiger partial charge in [0.05, 0.1) is 13.1 Å². The Bertz CT molecular complexity index is 452. The lowest BCUT2D eigenvalue weighted by Gasteiger charge is -2.49. The Morgan fingerprint density at radius 1 is 1.36 bits per heavy atom. The molecule has 1 aliphatic carbocycles. The first-order chi connectivity index (χ1) is 10.3. The quantitative estimate of drug-likeness (QED) is 0.882. The molecular formula is C16H26ClN3OS. The second kappa shape index (κ2) is 8.29. The molecule has 6 heteroatoms. The Hall–Kier alpha value is -0.620. The van der Waals surface area contributed by atoms with Gasteiger partial charge in [-0.05, 0) is 24.3 Å². The summed E-state index contributed by atoms with van der Waals surface area (Å²) in [6.45, 7) is 4.25. The first-order valence-electron chi connectivity index (χ1n) is 8.03. The molecule has 0 bridgehead atoms. The summed E-state index contributed by atoms with van der Waals surface area (Å²) in [5, 5.41) is 8.65. The minimum Gasteiger partial charge on any atom is -0.350 e. The maximum Gasteiger partial charge on any atom is 0.234 e. The highest BCUT2D eigenvalue weighted by Gasteiger charge is 2.40. The van der Waals surface area contributed by atoms with Crippen molar-refractivity contribution in [3.63, 3.8) is 0 Å². The van der Waals surface area contributed by atoms with Crippen molar-refractivity contribution in [3.8, 4) is 0 Å². The summed E-state index contributed by atoms with van der Waals surface area (Å²) in [6, 6.07) is 4.10. The standard InChI is InChI=1S/C16H25N3OS.ClH/c20-15(18-11-14-5-4-10-21-14)12-19-9-8-17-13-16(19)6-2-1-3-7-16;/h4-5,10,17H,1-3,6-9,11-13H2,(H,18,20);1H. The van der Waals surface area contributed by atoms with Crippen LogP contribution in [0.15, 0.2) is 17.5 Å². The van der Waals surface area contributed by atoms with Gasteiger partial charge >= 0.3 is 0 Å². The predicted octanol–water partition coefficient (Wildman–Crippen LogP) is 2.39. The normalized spacial score (nSPS) is 21.3. The number of piperazine rings is 1. The van der Waals surface area contributed by atoms with Gasteiger partial charge in [0.25, 0.3) is 0 Å². The van der Waals surface area contributed by atoms with Crippen LogP contribution >= 0.6 is 23.7 Å². The van der Waals surface area contributed by atoms with E-state index in [4.69, 9.17) is 0 Å². The van der Waals surface area contributed by atoms with E-state index in [1.54, 1.807) is 11.3 Å². The molecule has 2 aliphatic rings. The van der Waals surface area contributed by atoms with E-state index in [1.165, 1.54) is 37.0 Å². The van der Waals surface area contributed by atoms with Crippen molar-refractivity contribution in [1.29, 1.82) is 0 Å². The number of nitrogens with zero attached hydrogens (tertiary/aromatic N) is 1. The summed E-state index contributed by atoms with van der Waals surface area (Å²) in [5.74, 6) is 0.162. The minimum atomic E-state index is 0. The summed E-state index contributed by atoms with van der Waals surface area (Å²) < 4.78 is 0. The topological polar surface area (TPSA) is 44.4 Å². The zero-order chi connectivity index (χ0) is 14.5. The van der Waals surface area contributed by atoms with Crippen molar-refractivity contribution in [2.24, 2.45) is 0 Å². The Kier molecular flexibility index (Phi) is 6.68. The van der Waals surface area contributed by atoms with E-state index in [1.807, 2.05) is 6.07 Å². The zero-order valence-corrected chi connectivity index (χ0v) is 14.6. The van der Waals surface area contributed by atoms with Crippen molar-refractivity contribution < 1.29 is 4.79 Å². The fourth-order valence-electron chi connectivity index (χ4n) is 3.66. The van der Waals surface area contributed by atoms with Gasteiger partial charge in [-0.25, -0.2) is 0 Å². The SMILES string of the molecule is Cl.O=C(CN1CCNCC12CCCCC2)NCc1cccs1. The van der Waals surface area contributed by atoms with Gasteiger partial charge in [-0.2, -0.15) is 0 Å². The fourth-order valence-corrected chi connectivity index (χ4v) is 4.31. The molecule has 0 unspecified atom stereocenters. The minimum absolute atomic E-state index is 0. The lowest BCUT2D eigenvalue weighted by molar-refractivity contribution is -0.125. The van der Waals surface area contributed by atoms with Gasteiger partial charge in [0, 0.05) is 30.1 Å². The first kappa shape index (κ1) is 17.7. The molecular weight excluding hydrogens is 318 g/mol. The predicted molar refractivity (Wildman–Crippen MR) is 93.7 cm³/mol. The molecule has 3 rings (SSSR count). The average Bonchev–Trinajstić information content (AvgIpc) is 3.02. The summed E-state index contributed by atoms with van der Waals surface area (Å²) in [4.78, 5) is 15.9. The molecule has 0 aromatic carbocycles. The number of nitrogens with one attached hydrogen (secondary N) is 2. The summed E-state index contributed by atoms with van der Waals surface area (Å²) in [5.41, 5.74) is 0.233. The first-order valence-corrected chi connectivity index (χ1v) is 8.91. The number of thiophene rings is 1. The molecule has 1 spiro atoms. The molecule has 0 atom stereocenters. The molecule has 2 N–H and O–H groups in total. The Balaban J connectivity index is 0.00000176. The second-order valence-corrected chi connectivity index (χ2v) is 7.27. The number of halogens is 1. The molecule has 1 aromatic rings. The van der Waals surface area contributed by atoms with Gasteiger partial charge in [-0.1, -0.05) is 25.3 Å². The summed E-state index contributed by atoms with van der Waals surface area (Å²) >= 11 is 1.69. The smallest absolute Gasteiger partial charge is 0.234 e. The van der Waals surface area contributed by atoms with Gasteiger partial charge in [0.1, 0.15) is 0 Å². The van der Waals surface area contributed by atoms with Crippen molar-refractivity contribution in [2.45, 2.75) is 44.2 Å². The van der Waals surface area contributed by atoms with Crippen LogP contribution in [0.3, 0.4) is 0 Å². The fraction of sp³-hybridized carbons (Fsp3) is 0.688. The van der Waals surface area contributed by atoms with E-state index >= 15 is 0 Å². The van der Waals surface area contributed by atoms with Crippen LogP contribution in [0.25, 0.3) is 0 Å². The van der Waals surface area contributed by atoms with Crippen LogP contribution in [-0.2, 0) is 11.3 Å². The van der Waals surface area contributed by atoms with E-state index in [0.717, 1.165) is 19.6 Å². The molecule has 2 fully saturated rings. The molecule has 1 amide bonds. The van der Waals surface area contributed by atoms with E-state index in [-0.39, 0.29) is 23.9 Å². The van der Waals surface area contributed by atoms with Crippen molar-refractivity contribution >= 4 is 29.7 Å². The Morgan fingerprint density at radius 3 is 2.91 bits per heavy atom. The number of hydrogen-bond acceptors (Lipinski definition) is 4. The van der Waals surface area contributed by atoms with E-state index in [2.05, 4.69) is 27.0 Å². The van der Waals surface area contributed by atoms with Crippen LogP contribution in [0.2, 0.25) is 0 Å². The van der Waals surface area contributed by atoms with Crippen LogP contribution in [0.1, 0.15) is 37.0 Å². The molecule has 1 aromatic heterocycles. The molecule has 4 nitrogen and oxygen atoms in total. The van der Waals surface area contributed by atoms with Gasteiger partial charge in [-0.15, -0.1) is 23.7 Å². The van der Waals surface area contributed by atoms with Crippen molar-refractivity contribution in [2.75, 3.05) is 26.2 Å². The van der Waals surface area contributed by atoms with Crippen molar-refractivity contribution in [3.05, 3.63) is 22.4 Å². The van der Waals surface area contributed by atoms with Crippen LogP contribution in [0, 0.1) is 0 Å². The van der Waals surface area contributed by atoms with Crippen LogP contribution in [-0.4, -0.2) is 42.5 Å². The molecule has 1 saturated carbocycles. The van der Waals surface area contributed by atoms with E-state index in [9.17, 15) is 4.79 Å². The Morgan fingerprint density at radius 2 is 2.18 bits per heavy atom. The molecule has 1 aliphatic heterocycles. The highest BCUT2D eigenvalue weighted by molar-refractivity contribution is 7.09. The van der Waals surface area contributed by atoms with Crippen LogP contribution in [0.4, 0.5) is 0 Å². The highest BCUT2D eigenvalue weighted by Crippen LogP contribution is 2.34. The molecule has 1 saturated heterocycles. The van der Waals surface area contributed by atoms with Gasteiger partial charge in [0.15, 0.2) is 0 Å². The summed E-state index contributed by atoms with van der Waals surface area (Å²) in [7, 11) is 0. The van der Waals surface area contributed by atoms with Crippen LogP contribution in [0.5, 0.6) is 0 Å². The molecule has 22 heavy (non-hydrogen) atoms. The number of amides is 1. The molecule has 0 radical (unpaired) electrons. The van der Waals surface area contributed by atoms with Crippen LogP contribution < -0.4 is 10.6 Å². The number of carbonyl (C=O) groups excluding carboxylic acids is 1. The third-order valence-electron chi connectivity index (χ3n) is 4.84. The van der Waals surface area contributed by atoms with Crippen molar-refractivity contribution in [1.82, 2.24) is 15.5 Å². The number of rotatable bonds is 4. The highest BCUT2D eigenvalue weighted by atomic mass is 35.5. The van der Waals surface area contributed by atoms with E-state index < -0.39 is 0 Å². The largest absolute Gasteiger partial charge is 0.350 e. The third-order valence-corrected chi connectivity index (χ3v) is 5.72.